The van der Waals surface area contributed by atoms with Crippen LogP contribution in [0.1, 0.15) is 11.3 Å². The third-order valence-corrected chi connectivity index (χ3v) is 3.45. The number of aromatic nitrogens is 2. The Hall–Kier alpha value is -1.43. The lowest BCUT2D eigenvalue weighted by Gasteiger charge is -2.13. The second-order valence-corrected chi connectivity index (χ2v) is 5.02. The molecule has 7 heteroatoms. The Morgan fingerprint density at radius 3 is 2.63 bits per heavy atom. The smallest absolute Gasteiger partial charge is 0.159 e. The zero-order chi connectivity index (χ0) is 14.0. The van der Waals surface area contributed by atoms with Crippen molar-refractivity contribution in [2.75, 3.05) is 5.32 Å². The zero-order valence-electron chi connectivity index (χ0n) is 9.95. The van der Waals surface area contributed by atoms with Crippen molar-refractivity contribution in [3.8, 4) is 0 Å². The van der Waals surface area contributed by atoms with Crippen molar-refractivity contribution in [3.05, 3.63) is 45.8 Å². The van der Waals surface area contributed by atoms with E-state index in [-0.39, 0.29) is 4.99 Å². The van der Waals surface area contributed by atoms with Gasteiger partial charge in [-0.05, 0) is 18.6 Å². The molecule has 0 spiro atoms. The number of hydrogen-bond acceptors (Lipinski definition) is 4. The van der Waals surface area contributed by atoms with Crippen LogP contribution in [0.15, 0.2) is 24.5 Å². The highest BCUT2D eigenvalue weighted by atomic mass is 35.5. The molecule has 0 radical (unpaired) electrons. The molecule has 3 N–H and O–H groups in total. The van der Waals surface area contributed by atoms with Gasteiger partial charge in [0.25, 0.3) is 0 Å². The number of halogens is 2. The minimum absolute atomic E-state index is 0.149. The van der Waals surface area contributed by atoms with E-state index in [9.17, 15) is 0 Å². The Balaban J connectivity index is 2.48. The third-order valence-electron chi connectivity index (χ3n) is 2.46. The highest BCUT2D eigenvalue weighted by Gasteiger charge is 2.13. The van der Waals surface area contributed by atoms with Gasteiger partial charge in [-0.2, -0.15) is 0 Å². The van der Waals surface area contributed by atoms with Crippen molar-refractivity contribution in [2.45, 2.75) is 6.92 Å². The number of nitrogens with zero attached hydrogens (tertiary/aromatic N) is 2. The molecule has 0 unspecified atom stereocenters. The molecule has 0 aliphatic carbocycles. The molecule has 0 aliphatic rings. The summed E-state index contributed by atoms with van der Waals surface area (Å²) < 4.78 is 0. The summed E-state index contributed by atoms with van der Waals surface area (Å²) in [6, 6.07) is 3.59. The molecule has 2 rings (SSSR count). The van der Waals surface area contributed by atoms with Crippen LogP contribution in [0.3, 0.4) is 0 Å². The number of nitrogens with one attached hydrogen (secondary N) is 1. The maximum Gasteiger partial charge on any atom is 0.159 e. The summed E-state index contributed by atoms with van der Waals surface area (Å²) in [7, 11) is 0. The normalized spacial score (nSPS) is 10.3. The summed E-state index contributed by atoms with van der Waals surface area (Å²) in [5, 5.41) is 4.03. The molecule has 1 heterocycles. The van der Waals surface area contributed by atoms with E-state index in [0.29, 0.717) is 27.2 Å². The first-order chi connectivity index (χ1) is 9.00. The van der Waals surface area contributed by atoms with Crippen LogP contribution in [-0.2, 0) is 0 Å². The van der Waals surface area contributed by atoms with E-state index in [1.165, 1.54) is 12.4 Å². The number of thiocarbonyl (C=S) groups is 1. The highest BCUT2D eigenvalue weighted by Crippen LogP contribution is 2.35. The minimum Gasteiger partial charge on any atom is -0.388 e. The molecule has 0 bridgehead atoms. The number of benzene rings is 1. The molecule has 0 atom stereocenters. The lowest BCUT2D eigenvalue weighted by Crippen LogP contribution is -2.15. The SMILES string of the molecule is Cc1ccc(Cl)c(Nc2nccnc2C(N)=S)c1Cl. The van der Waals surface area contributed by atoms with E-state index >= 15 is 0 Å². The van der Waals surface area contributed by atoms with Gasteiger partial charge in [-0.15, -0.1) is 0 Å². The quantitative estimate of drug-likeness (QED) is 0.850. The molecule has 1 aromatic carbocycles. The number of anilines is 2. The Bertz CT molecular complexity index is 646. The van der Waals surface area contributed by atoms with Crippen molar-refractivity contribution >= 4 is 51.9 Å². The molecule has 0 aliphatic heterocycles. The molecule has 0 saturated heterocycles. The highest BCUT2D eigenvalue weighted by molar-refractivity contribution is 7.80. The van der Waals surface area contributed by atoms with Gasteiger partial charge in [0.05, 0.1) is 15.7 Å². The van der Waals surface area contributed by atoms with Gasteiger partial charge in [0.1, 0.15) is 10.7 Å². The first-order valence-corrected chi connectivity index (χ1v) is 6.49. The number of nitrogens with two attached hydrogens (primary N) is 1. The summed E-state index contributed by atoms with van der Waals surface area (Å²) in [6.07, 6.45) is 3.04. The Labute approximate surface area is 126 Å². The van der Waals surface area contributed by atoms with E-state index in [2.05, 4.69) is 15.3 Å². The monoisotopic (exact) mass is 312 g/mol. The lowest BCUT2D eigenvalue weighted by atomic mass is 10.2. The summed E-state index contributed by atoms with van der Waals surface area (Å²) >= 11 is 17.3. The van der Waals surface area contributed by atoms with Gasteiger partial charge in [-0.1, -0.05) is 41.5 Å². The van der Waals surface area contributed by atoms with Crippen LogP contribution < -0.4 is 11.1 Å². The minimum atomic E-state index is 0.149. The van der Waals surface area contributed by atoms with Gasteiger partial charge < -0.3 is 11.1 Å². The number of aryl methyl sites for hydroxylation is 1. The molecule has 0 fully saturated rings. The maximum atomic E-state index is 6.22. The predicted octanol–water partition coefficient (Wildman–Crippen LogP) is 3.47. The topological polar surface area (TPSA) is 63.8 Å². The van der Waals surface area contributed by atoms with Gasteiger partial charge in [0.2, 0.25) is 0 Å². The van der Waals surface area contributed by atoms with Crippen molar-refractivity contribution in [1.82, 2.24) is 9.97 Å². The van der Waals surface area contributed by atoms with Gasteiger partial charge in [-0.25, -0.2) is 9.97 Å². The summed E-state index contributed by atoms with van der Waals surface area (Å²) in [5.74, 6) is 0.421. The fourth-order valence-corrected chi connectivity index (χ4v) is 2.11. The van der Waals surface area contributed by atoms with E-state index in [4.69, 9.17) is 41.2 Å². The fraction of sp³-hybridized carbons (Fsp3) is 0.0833. The van der Waals surface area contributed by atoms with Crippen LogP contribution in [0.4, 0.5) is 11.5 Å². The summed E-state index contributed by atoms with van der Waals surface area (Å²) in [4.78, 5) is 8.38. The molecular formula is C12H10Cl2N4S. The Kier molecular flexibility index (Phi) is 4.19. The fourth-order valence-electron chi connectivity index (χ4n) is 1.50. The van der Waals surface area contributed by atoms with Gasteiger partial charge >= 0.3 is 0 Å². The lowest BCUT2D eigenvalue weighted by molar-refractivity contribution is 1.18. The van der Waals surface area contributed by atoms with Crippen LogP contribution in [0.5, 0.6) is 0 Å². The second-order valence-electron chi connectivity index (χ2n) is 3.80. The van der Waals surface area contributed by atoms with Crippen LogP contribution in [0.25, 0.3) is 0 Å². The van der Waals surface area contributed by atoms with Crippen LogP contribution >= 0.6 is 35.4 Å². The first kappa shape index (κ1) is 14.0. The van der Waals surface area contributed by atoms with Crippen molar-refractivity contribution < 1.29 is 0 Å². The van der Waals surface area contributed by atoms with Crippen molar-refractivity contribution in [3.63, 3.8) is 0 Å². The average Bonchev–Trinajstić information content (AvgIpc) is 2.39. The molecule has 19 heavy (non-hydrogen) atoms. The first-order valence-electron chi connectivity index (χ1n) is 5.33. The average molecular weight is 313 g/mol. The van der Waals surface area contributed by atoms with Crippen LogP contribution in [0.2, 0.25) is 10.0 Å². The Morgan fingerprint density at radius 1 is 1.26 bits per heavy atom. The largest absolute Gasteiger partial charge is 0.388 e. The molecule has 0 saturated carbocycles. The van der Waals surface area contributed by atoms with Crippen molar-refractivity contribution in [2.24, 2.45) is 5.73 Å². The maximum absolute atomic E-state index is 6.22. The third kappa shape index (κ3) is 2.94. The van der Waals surface area contributed by atoms with E-state index < -0.39 is 0 Å². The molecular weight excluding hydrogens is 303 g/mol. The standard InChI is InChI=1S/C12H10Cl2N4S/c1-6-2-3-7(13)9(8(6)14)18-12-10(11(15)19)16-4-5-17-12/h2-5H,1H3,(H2,15,19)(H,17,18). The molecule has 4 nitrogen and oxygen atoms in total. The van der Waals surface area contributed by atoms with E-state index in [1.54, 1.807) is 6.07 Å². The van der Waals surface area contributed by atoms with Crippen LogP contribution in [0, 0.1) is 6.92 Å². The molecule has 98 valence electrons. The van der Waals surface area contributed by atoms with Gasteiger partial charge in [-0.3, -0.25) is 0 Å². The molecule has 1 aromatic heterocycles. The van der Waals surface area contributed by atoms with E-state index in [0.717, 1.165) is 5.56 Å². The summed E-state index contributed by atoms with van der Waals surface area (Å²) in [5.41, 5.74) is 7.45. The Morgan fingerprint density at radius 2 is 1.95 bits per heavy atom. The number of rotatable bonds is 3. The number of hydrogen-bond donors (Lipinski definition) is 2. The molecule has 2 aromatic rings. The summed E-state index contributed by atoms with van der Waals surface area (Å²) in [6.45, 7) is 1.88. The molecule has 0 amide bonds. The second kappa shape index (κ2) is 5.69. The van der Waals surface area contributed by atoms with Gasteiger partial charge in [0, 0.05) is 12.4 Å². The van der Waals surface area contributed by atoms with Crippen LogP contribution in [-0.4, -0.2) is 15.0 Å². The van der Waals surface area contributed by atoms with Crippen molar-refractivity contribution in [1.29, 1.82) is 0 Å². The predicted molar refractivity (Wildman–Crippen MR) is 82.4 cm³/mol. The van der Waals surface area contributed by atoms with Gasteiger partial charge in [0.15, 0.2) is 5.82 Å². The zero-order valence-corrected chi connectivity index (χ0v) is 12.3. The van der Waals surface area contributed by atoms with E-state index in [1.807, 2.05) is 13.0 Å².